The molecule has 0 aliphatic carbocycles. The van der Waals surface area contributed by atoms with Gasteiger partial charge in [-0.2, -0.15) is 0 Å². The Bertz CT molecular complexity index is 562. The standard InChI is InChI=1S/C13H12BrFN2O/c1-18-12-5-9(14)2-3-11(12)13(16)8-4-10(15)7-17-6-8/h2-7,13H,16H2,1H3. The molecule has 0 spiro atoms. The molecule has 0 saturated heterocycles. The molecule has 1 unspecified atom stereocenters. The number of halogens is 2. The summed E-state index contributed by atoms with van der Waals surface area (Å²) in [6, 6.07) is 6.43. The van der Waals surface area contributed by atoms with E-state index >= 15 is 0 Å². The molecule has 2 rings (SSSR count). The number of nitrogens with two attached hydrogens (primary N) is 1. The molecule has 94 valence electrons. The molecule has 0 radical (unpaired) electrons. The van der Waals surface area contributed by atoms with E-state index in [1.807, 2.05) is 18.2 Å². The molecule has 3 nitrogen and oxygen atoms in total. The molecule has 1 heterocycles. The van der Waals surface area contributed by atoms with Crippen LogP contribution in [0.1, 0.15) is 17.2 Å². The van der Waals surface area contributed by atoms with Crippen LogP contribution in [0.2, 0.25) is 0 Å². The number of hydrogen-bond donors (Lipinski definition) is 1. The van der Waals surface area contributed by atoms with Crippen LogP contribution in [-0.2, 0) is 0 Å². The van der Waals surface area contributed by atoms with Crippen molar-refractivity contribution in [1.29, 1.82) is 0 Å². The average Bonchev–Trinajstić information content (AvgIpc) is 2.37. The molecule has 5 heteroatoms. The van der Waals surface area contributed by atoms with Crippen LogP contribution in [0.25, 0.3) is 0 Å². The molecule has 0 aliphatic rings. The second-order valence-electron chi connectivity index (χ2n) is 3.80. The Morgan fingerprint density at radius 1 is 1.33 bits per heavy atom. The van der Waals surface area contributed by atoms with Crippen molar-refractivity contribution in [3.05, 3.63) is 58.1 Å². The smallest absolute Gasteiger partial charge is 0.141 e. The predicted octanol–water partition coefficient (Wildman–Crippen LogP) is 3.04. The van der Waals surface area contributed by atoms with Crippen molar-refractivity contribution in [3.8, 4) is 5.75 Å². The summed E-state index contributed by atoms with van der Waals surface area (Å²) in [5.41, 5.74) is 7.50. The largest absolute Gasteiger partial charge is 0.496 e. The molecule has 1 atom stereocenters. The fourth-order valence-corrected chi connectivity index (χ4v) is 2.06. The second-order valence-corrected chi connectivity index (χ2v) is 4.72. The van der Waals surface area contributed by atoms with Crippen molar-refractivity contribution in [3.63, 3.8) is 0 Å². The minimum atomic E-state index is -0.476. The zero-order chi connectivity index (χ0) is 13.1. The van der Waals surface area contributed by atoms with Gasteiger partial charge in [0.1, 0.15) is 11.6 Å². The van der Waals surface area contributed by atoms with Crippen LogP contribution in [-0.4, -0.2) is 12.1 Å². The van der Waals surface area contributed by atoms with Crippen LogP contribution < -0.4 is 10.5 Å². The van der Waals surface area contributed by atoms with Gasteiger partial charge in [0.05, 0.1) is 19.3 Å². The molecule has 2 N–H and O–H groups in total. The number of aromatic nitrogens is 1. The summed E-state index contributed by atoms with van der Waals surface area (Å²) in [5, 5.41) is 0. The van der Waals surface area contributed by atoms with E-state index in [9.17, 15) is 4.39 Å². The van der Waals surface area contributed by atoms with Crippen molar-refractivity contribution in [2.75, 3.05) is 7.11 Å². The molecule has 1 aromatic carbocycles. The Morgan fingerprint density at radius 3 is 2.78 bits per heavy atom. The minimum absolute atomic E-state index is 0.404. The highest BCUT2D eigenvalue weighted by atomic mass is 79.9. The summed E-state index contributed by atoms with van der Waals surface area (Å²) in [7, 11) is 1.57. The highest BCUT2D eigenvalue weighted by molar-refractivity contribution is 9.10. The lowest BCUT2D eigenvalue weighted by Crippen LogP contribution is -2.13. The maximum absolute atomic E-state index is 13.1. The Hall–Kier alpha value is -1.46. The van der Waals surface area contributed by atoms with Gasteiger partial charge in [-0.15, -0.1) is 0 Å². The molecular formula is C13H12BrFN2O. The van der Waals surface area contributed by atoms with E-state index in [0.29, 0.717) is 11.3 Å². The van der Waals surface area contributed by atoms with Crippen molar-refractivity contribution < 1.29 is 9.13 Å². The molecule has 18 heavy (non-hydrogen) atoms. The molecule has 1 aromatic heterocycles. The Labute approximate surface area is 113 Å². The van der Waals surface area contributed by atoms with Crippen molar-refractivity contribution in [2.45, 2.75) is 6.04 Å². The topological polar surface area (TPSA) is 48.1 Å². The van der Waals surface area contributed by atoms with Crippen LogP contribution in [0.15, 0.2) is 41.1 Å². The van der Waals surface area contributed by atoms with E-state index in [1.54, 1.807) is 13.3 Å². The third-order valence-electron chi connectivity index (χ3n) is 2.62. The van der Waals surface area contributed by atoms with Gasteiger partial charge < -0.3 is 10.5 Å². The first kappa shape index (κ1) is 13.0. The van der Waals surface area contributed by atoms with Gasteiger partial charge >= 0.3 is 0 Å². The number of hydrogen-bond acceptors (Lipinski definition) is 3. The molecule has 2 aromatic rings. The number of pyridine rings is 1. The summed E-state index contributed by atoms with van der Waals surface area (Å²) < 4.78 is 19.3. The normalized spacial score (nSPS) is 12.2. The number of rotatable bonds is 3. The van der Waals surface area contributed by atoms with E-state index in [-0.39, 0.29) is 0 Å². The minimum Gasteiger partial charge on any atom is -0.496 e. The molecule has 0 amide bonds. The number of methoxy groups -OCH3 is 1. The molecule has 0 aliphatic heterocycles. The van der Waals surface area contributed by atoms with Gasteiger partial charge in [0.25, 0.3) is 0 Å². The summed E-state index contributed by atoms with van der Waals surface area (Å²) in [5.74, 6) is 0.250. The third kappa shape index (κ3) is 2.68. The van der Waals surface area contributed by atoms with Crippen molar-refractivity contribution >= 4 is 15.9 Å². The van der Waals surface area contributed by atoms with Crippen LogP contribution in [0.5, 0.6) is 5.75 Å². The van der Waals surface area contributed by atoms with Gasteiger partial charge in [0, 0.05) is 16.2 Å². The summed E-state index contributed by atoms with van der Waals surface area (Å²) in [4.78, 5) is 3.80. The zero-order valence-corrected chi connectivity index (χ0v) is 11.3. The fraction of sp³-hybridized carbons (Fsp3) is 0.154. The Balaban J connectivity index is 2.42. The van der Waals surface area contributed by atoms with Crippen LogP contribution in [0.3, 0.4) is 0 Å². The Morgan fingerprint density at radius 2 is 2.11 bits per heavy atom. The van der Waals surface area contributed by atoms with Gasteiger partial charge in [-0.05, 0) is 23.8 Å². The van der Waals surface area contributed by atoms with Crippen molar-refractivity contribution in [1.82, 2.24) is 4.98 Å². The highest BCUT2D eigenvalue weighted by Gasteiger charge is 2.15. The second kappa shape index (κ2) is 5.46. The predicted molar refractivity (Wildman–Crippen MR) is 70.9 cm³/mol. The van der Waals surface area contributed by atoms with Gasteiger partial charge in [0.2, 0.25) is 0 Å². The molecule has 0 bridgehead atoms. The van der Waals surface area contributed by atoms with Crippen LogP contribution in [0.4, 0.5) is 4.39 Å². The van der Waals surface area contributed by atoms with Gasteiger partial charge in [0.15, 0.2) is 0 Å². The number of nitrogens with zero attached hydrogens (tertiary/aromatic N) is 1. The van der Waals surface area contributed by atoms with Crippen LogP contribution >= 0.6 is 15.9 Å². The lowest BCUT2D eigenvalue weighted by molar-refractivity contribution is 0.407. The summed E-state index contributed by atoms with van der Waals surface area (Å²) in [6.07, 6.45) is 2.70. The quantitative estimate of drug-likeness (QED) is 0.948. The van der Waals surface area contributed by atoms with Gasteiger partial charge in [-0.25, -0.2) is 4.39 Å². The SMILES string of the molecule is COc1cc(Br)ccc1C(N)c1cncc(F)c1. The molecule has 0 saturated carbocycles. The van der Waals surface area contributed by atoms with E-state index < -0.39 is 11.9 Å². The average molecular weight is 311 g/mol. The van der Waals surface area contributed by atoms with E-state index in [1.165, 1.54) is 6.07 Å². The molecular weight excluding hydrogens is 299 g/mol. The maximum atomic E-state index is 13.1. The van der Waals surface area contributed by atoms with Crippen LogP contribution in [0, 0.1) is 5.82 Å². The first-order chi connectivity index (χ1) is 8.61. The fourth-order valence-electron chi connectivity index (χ4n) is 1.72. The van der Waals surface area contributed by atoms with Gasteiger partial charge in [-0.1, -0.05) is 22.0 Å². The highest BCUT2D eigenvalue weighted by Crippen LogP contribution is 2.30. The molecule has 0 fully saturated rings. The monoisotopic (exact) mass is 310 g/mol. The van der Waals surface area contributed by atoms with E-state index in [2.05, 4.69) is 20.9 Å². The summed E-state index contributed by atoms with van der Waals surface area (Å²) in [6.45, 7) is 0. The maximum Gasteiger partial charge on any atom is 0.141 e. The first-order valence-electron chi connectivity index (χ1n) is 5.31. The van der Waals surface area contributed by atoms with Gasteiger partial charge in [-0.3, -0.25) is 4.98 Å². The Kier molecular flexibility index (Phi) is 3.93. The summed E-state index contributed by atoms with van der Waals surface area (Å²) >= 11 is 3.36. The lowest BCUT2D eigenvalue weighted by atomic mass is 10.0. The van der Waals surface area contributed by atoms with E-state index in [4.69, 9.17) is 10.5 Å². The first-order valence-corrected chi connectivity index (χ1v) is 6.10. The lowest BCUT2D eigenvalue weighted by Gasteiger charge is -2.16. The number of benzene rings is 1. The van der Waals surface area contributed by atoms with Crippen molar-refractivity contribution in [2.24, 2.45) is 5.73 Å². The van der Waals surface area contributed by atoms with E-state index in [0.717, 1.165) is 16.2 Å². The third-order valence-corrected chi connectivity index (χ3v) is 3.11. The zero-order valence-electron chi connectivity index (χ0n) is 9.73. The number of ether oxygens (including phenoxy) is 1.